The van der Waals surface area contributed by atoms with Gasteiger partial charge in [0.15, 0.2) is 0 Å². The van der Waals surface area contributed by atoms with E-state index < -0.39 is 0 Å². The van der Waals surface area contributed by atoms with Crippen LogP contribution in [0.3, 0.4) is 0 Å². The first-order chi connectivity index (χ1) is 12.8. The Bertz CT molecular complexity index is 905. The third-order valence-corrected chi connectivity index (χ3v) is 4.60. The number of nitriles is 1. The van der Waals surface area contributed by atoms with E-state index in [1.54, 1.807) is 24.7 Å². The molecule has 0 amide bonds. The van der Waals surface area contributed by atoms with Crippen molar-refractivity contribution in [2.75, 3.05) is 31.1 Å². The first-order valence-corrected chi connectivity index (χ1v) is 8.59. The van der Waals surface area contributed by atoms with Gasteiger partial charge in [-0.2, -0.15) is 10.4 Å². The SMILES string of the molecule is N#Cc1ccnc(N2CCN(Cn3nccc3-c3ccncc3)CC2)c1. The van der Waals surface area contributed by atoms with Gasteiger partial charge >= 0.3 is 0 Å². The third kappa shape index (κ3) is 3.41. The van der Waals surface area contributed by atoms with E-state index in [4.69, 9.17) is 5.26 Å². The third-order valence-electron chi connectivity index (χ3n) is 4.60. The Labute approximate surface area is 152 Å². The lowest BCUT2D eigenvalue weighted by Crippen LogP contribution is -2.47. The lowest BCUT2D eigenvalue weighted by molar-refractivity contribution is 0.197. The number of nitrogens with zero attached hydrogens (tertiary/aromatic N) is 7. The summed E-state index contributed by atoms with van der Waals surface area (Å²) in [4.78, 5) is 13.1. The number of pyridine rings is 2. The average molecular weight is 345 g/mol. The molecule has 0 aromatic carbocycles. The Morgan fingerprint density at radius 3 is 2.54 bits per heavy atom. The predicted octanol–water partition coefficient (Wildman–Crippen LogP) is 1.99. The van der Waals surface area contributed by atoms with Gasteiger partial charge in [-0.25, -0.2) is 4.98 Å². The minimum Gasteiger partial charge on any atom is -0.354 e. The van der Waals surface area contributed by atoms with E-state index in [2.05, 4.69) is 30.9 Å². The molecule has 1 aliphatic rings. The van der Waals surface area contributed by atoms with Gasteiger partial charge in [0.05, 0.1) is 24.0 Å². The van der Waals surface area contributed by atoms with Crippen molar-refractivity contribution < 1.29 is 0 Å². The fraction of sp³-hybridized carbons (Fsp3) is 0.263. The van der Waals surface area contributed by atoms with E-state index in [1.165, 1.54) is 0 Å². The highest BCUT2D eigenvalue weighted by Gasteiger charge is 2.19. The Hall–Kier alpha value is -3.24. The first kappa shape index (κ1) is 16.2. The smallest absolute Gasteiger partial charge is 0.129 e. The molecule has 0 spiro atoms. The van der Waals surface area contributed by atoms with Crippen LogP contribution in [0, 0.1) is 11.3 Å². The van der Waals surface area contributed by atoms with Crippen LogP contribution in [-0.2, 0) is 6.67 Å². The maximum atomic E-state index is 9.05. The number of hydrogen-bond donors (Lipinski definition) is 0. The Morgan fingerprint density at radius 2 is 1.77 bits per heavy atom. The molecule has 4 heterocycles. The van der Waals surface area contributed by atoms with Gasteiger partial charge in [-0.1, -0.05) is 0 Å². The van der Waals surface area contributed by atoms with Crippen molar-refractivity contribution >= 4 is 5.82 Å². The summed E-state index contributed by atoms with van der Waals surface area (Å²) >= 11 is 0. The molecule has 1 saturated heterocycles. The summed E-state index contributed by atoms with van der Waals surface area (Å²) in [6.45, 7) is 4.37. The van der Waals surface area contributed by atoms with Crippen LogP contribution in [0.4, 0.5) is 5.82 Å². The first-order valence-electron chi connectivity index (χ1n) is 8.59. The standard InChI is InChI=1S/C19H19N7/c20-14-16-1-7-22-19(13-16)25-11-9-24(10-12-25)15-26-18(4-8-23-26)17-2-5-21-6-3-17/h1-8,13H,9-12,15H2. The lowest BCUT2D eigenvalue weighted by Gasteiger charge is -2.35. The fourth-order valence-corrected chi connectivity index (χ4v) is 3.18. The van der Waals surface area contributed by atoms with Crippen LogP contribution in [0.2, 0.25) is 0 Å². The van der Waals surface area contributed by atoms with E-state index in [-0.39, 0.29) is 0 Å². The number of hydrogen-bond acceptors (Lipinski definition) is 6. The van der Waals surface area contributed by atoms with Gasteiger partial charge in [-0.05, 0) is 30.3 Å². The summed E-state index contributed by atoms with van der Waals surface area (Å²) in [6.07, 6.45) is 7.13. The molecule has 130 valence electrons. The predicted molar refractivity (Wildman–Crippen MR) is 98.2 cm³/mol. The van der Waals surface area contributed by atoms with Crippen LogP contribution >= 0.6 is 0 Å². The van der Waals surface area contributed by atoms with Crippen molar-refractivity contribution in [1.29, 1.82) is 5.26 Å². The average Bonchev–Trinajstić information content (AvgIpc) is 3.17. The normalized spacial score (nSPS) is 15.0. The molecular formula is C19H19N7. The summed E-state index contributed by atoms with van der Waals surface area (Å²) < 4.78 is 2.03. The van der Waals surface area contributed by atoms with E-state index in [1.807, 2.05) is 35.1 Å². The quantitative estimate of drug-likeness (QED) is 0.720. The van der Waals surface area contributed by atoms with E-state index in [9.17, 15) is 0 Å². The minimum atomic E-state index is 0.649. The molecule has 1 aliphatic heterocycles. The van der Waals surface area contributed by atoms with E-state index in [0.29, 0.717) is 5.56 Å². The Kier molecular flexibility index (Phi) is 4.58. The molecular weight excluding hydrogens is 326 g/mol. The molecule has 0 radical (unpaired) electrons. The molecule has 7 nitrogen and oxygen atoms in total. The summed E-state index contributed by atoms with van der Waals surface area (Å²) in [5.41, 5.74) is 2.86. The summed E-state index contributed by atoms with van der Waals surface area (Å²) in [7, 11) is 0. The van der Waals surface area contributed by atoms with Crippen LogP contribution in [0.1, 0.15) is 5.56 Å². The van der Waals surface area contributed by atoms with Gasteiger partial charge in [-0.3, -0.25) is 14.6 Å². The van der Waals surface area contributed by atoms with Crippen LogP contribution in [0.5, 0.6) is 0 Å². The minimum absolute atomic E-state index is 0.649. The molecule has 0 bridgehead atoms. The fourth-order valence-electron chi connectivity index (χ4n) is 3.18. The van der Waals surface area contributed by atoms with Gasteiger partial charge in [0.25, 0.3) is 0 Å². The molecule has 4 rings (SSSR count). The van der Waals surface area contributed by atoms with Gasteiger partial charge in [0.2, 0.25) is 0 Å². The van der Waals surface area contributed by atoms with Crippen LogP contribution < -0.4 is 4.90 Å². The zero-order valence-corrected chi connectivity index (χ0v) is 14.4. The molecule has 1 fully saturated rings. The van der Waals surface area contributed by atoms with E-state index >= 15 is 0 Å². The van der Waals surface area contributed by atoms with Crippen molar-refractivity contribution in [3.63, 3.8) is 0 Å². The van der Waals surface area contributed by atoms with Crippen LogP contribution in [-0.4, -0.2) is 50.8 Å². The zero-order chi connectivity index (χ0) is 17.8. The highest BCUT2D eigenvalue weighted by atomic mass is 15.4. The number of rotatable bonds is 4. The molecule has 3 aromatic rings. The maximum Gasteiger partial charge on any atom is 0.129 e. The molecule has 0 N–H and O–H groups in total. The highest BCUT2D eigenvalue weighted by Crippen LogP contribution is 2.19. The second-order valence-electron chi connectivity index (χ2n) is 6.21. The lowest BCUT2D eigenvalue weighted by atomic mass is 10.2. The van der Waals surface area contributed by atoms with Crippen LogP contribution in [0.25, 0.3) is 11.3 Å². The Balaban J connectivity index is 1.41. The number of piperazine rings is 1. The van der Waals surface area contributed by atoms with Gasteiger partial charge < -0.3 is 4.90 Å². The largest absolute Gasteiger partial charge is 0.354 e. The van der Waals surface area contributed by atoms with Crippen LogP contribution in [0.15, 0.2) is 55.1 Å². The molecule has 0 saturated carbocycles. The molecule has 3 aromatic heterocycles. The van der Waals surface area contributed by atoms with Crippen molar-refractivity contribution in [3.05, 3.63) is 60.7 Å². The maximum absolute atomic E-state index is 9.05. The zero-order valence-electron chi connectivity index (χ0n) is 14.4. The summed E-state index contributed by atoms with van der Waals surface area (Å²) in [5, 5.41) is 13.5. The molecule has 0 aliphatic carbocycles. The second-order valence-corrected chi connectivity index (χ2v) is 6.21. The highest BCUT2D eigenvalue weighted by molar-refractivity contribution is 5.58. The van der Waals surface area contributed by atoms with Gasteiger partial charge in [-0.15, -0.1) is 0 Å². The van der Waals surface area contributed by atoms with Crippen molar-refractivity contribution in [2.45, 2.75) is 6.67 Å². The topological polar surface area (TPSA) is 73.9 Å². The molecule has 26 heavy (non-hydrogen) atoms. The van der Waals surface area contributed by atoms with Crippen molar-refractivity contribution in [1.82, 2.24) is 24.6 Å². The van der Waals surface area contributed by atoms with Gasteiger partial charge in [0, 0.05) is 56.5 Å². The summed E-state index contributed by atoms with van der Waals surface area (Å²) in [6, 6.07) is 11.8. The molecule has 7 heteroatoms. The van der Waals surface area contributed by atoms with Crippen molar-refractivity contribution in [2.24, 2.45) is 0 Å². The van der Waals surface area contributed by atoms with Gasteiger partial charge in [0.1, 0.15) is 5.82 Å². The van der Waals surface area contributed by atoms with E-state index in [0.717, 1.165) is 49.9 Å². The molecule has 0 atom stereocenters. The Morgan fingerprint density at radius 1 is 0.962 bits per heavy atom. The summed E-state index contributed by atoms with van der Waals surface area (Å²) in [5.74, 6) is 0.875. The number of aromatic nitrogens is 4. The number of anilines is 1. The molecule has 0 unspecified atom stereocenters. The monoisotopic (exact) mass is 345 g/mol. The van der Waals surface area contributed by atoms with Crippen molar-refractivity contribution in [3.8, 4) is 17.3 Å². The second kappa shape index (κ2) is 7.33.